The first-order chi connectivity index (χ1) is 49.9. The van der Waals surface area contributed by atoms with Crippen molar-refractivity contribution in [2.24, 2.45) is 0 Å². The molecule has 9 aromatic carbocycles. The molecule has 4 heterocycles. The average molecular weight is 1060 g/mol. The molecule has 0 fully saturated rings. The van der Waals surface area contributed by atoms with Gasteiger partial charge in [-0.2, -0.15) is 0 Å². The highest BCUT2D eigenvalue weighted by atomic mass is 15.2. The van der Waals surface area contributed by atoms with Crippen molar-refractivity contribution >= 4 is 96.1 Å². The molecule has 0 amide bonds. The maximum atomic E-state index is 11.2. The van der Waals surface area contributed by atoms with Gasteiger partial charge in [0, 0.05) is 50.6 Å². The maximum absolute atomic E-state index is 11.2. The summed E-state index contributed by atoms with van der Waals surface area (Å²) in [5.74, 6) is 0. The number of hydrogen-bond acceptors (Lipinski definition) is 3. The molecule has 3 aliphatic rings. The predicted molar refractivity (Wildman–Crippen MR) is 342 cm³/mol. The van der Waals surface area contributed by atoms with E-state index in [9.17, 15) is 34.3 Å². The van der Waals surface area contributed by atoms with Crippen LogP contribution in [-0.2, 0) is 27.1 Å². The number of para-hydroxylation sites is 1. The molecule has 1 aromatic heterocycles. The Labute approximate surface area is 512 Å². The van der Waals surface area contributed by atoms with Crippen molar-refractivity contribution in [3.8, 4) is 16.8 Å². The Morgan fingerprint density at radius 1 is 0.367 bits per heavy atom. The van der Waals surface area contributed by atoms with Crippen molar-refractivity contribution in [2.75, 3.05) is 14.7 Å². The fraction of sp³-hybridized carbons (Fsp3) is 0.270. The highest BCUT2D eigenvalue weighted by Crippen LogP contribution is 2.55. The summed E-state index contributed by atoms with van der Waals surface area (Å²) >= 11 is 0. The number of benzene rings is 9. The van der Waals surface area contributed by atoms with E-state index in [4.69, 9.17) is 6.85 Å². The lowest BCUT2D eigenvalue weighted by Gasteiger charge is -2.47. The summed E-state index contributed by atoms with van der Waals surface area (Å²) < 4.78 is 301. The second-order valence-electron chi connectivity index (χ2n) is 25.6. The van der Waals surface area contributed by atoms with E-state index >= 15 is 0 Å². The smallest absolute Gasteiger partial charge is 0.252 e. The standard InChI is InChI=1S/C74H75BN4/c1-70(2,3)48-26-33-53(34-27-48)76(54-35-28-49(29-36-54)71(4,5)6)56-37-38-59-63(45-56)77(55-31-24-47(25-32-55)46-20-17-16-18-21-46)64-42-52(74(13,14)15)43-65-67(64)75(59)60-22-19-23-62-69(60)79(65)66-44-51(73(10,11)12)41-58-57-40-50(72(7,8)9)30-39-61(57)78(62)68(58)66/h16-45H,1-15H3/i16D,17D,18D,19D,20D,21D,22D,23D,24D,25D,26D,27D,28D,29D,30D,31D,32D,33D,34D,35D,36D,37D,38D,39D,40D,41D,42D,43D,44D,45D. The Balaban J connectivity index is 1.35. The first kappa shape index (κ1) is 27.4. The molecule has 0 bridgehead atoms. The molecule has 0 spiro atoms. The van der Waals surface area contributed by atoms with Crippen molar-refractivity contribution in [1.29, 1.82) is 0 Å². The minimum atomic E-state index is -2.04. The van der Waals surface area contributed by atoms with Gasteiger partial charge in [-0.15, -0.1) is 0 Å². The van der Waals surface area contributed by atoms with E-state index in [1.165, 1.54) is 9.47 Å². The van der Waals surface area contributed by atoms with Crippen LogP contribution in [0.4, 0.5) is 51.2 Å². The molecule has 79 heavy (non-hydrogen) atoms. The van der Waals surface area contributed by atoms with Gasteiger partial charge in [0.25, 0.3) is 6.71 Å². The number of nitrogens with zero attached hydrogens (tertiary/aromatic N) is 4. The first-order valence-electron chi connectivity index (χ1n) is 41.3. The fourth-order valence-electron chi connectivity index (χ4n) is 10.3. The minimum absolute atomic E-state index is 0.0323. The van der Waals surface area contributed by atoms with Crippen LogP contribution in [0.2, 0.25) is 0 Å². The highest BCUT2D eigenvalue weighted by molar-refractivity contribution is 7.00. The van der Waals surface area contributed by atoms with E-state index in [0.29, 0.717) is 4.90 Å². The third-order valence-electron chi connectivity index (χ3n) is 14.5. The zero-order valence-electron chi connectivity index (χ0n) is 76.9. The van der Waals surface area contributed by atoms with Gasteiger partial charge in [0.15, 0.2) is 0 Å². The van der Waals surface area contributed by atoms with Gasteiger partial charge < -0.3 is 19.3 Å². The molecule has 0 saturated heterocycles. The summed E-state index contributed by atoms with van der Waals surface area (Å²) in [6, 6.07) is -24.5. The van der Waals surface area contributed by atoms with E-state index in [1.54, 1.807) is 104 Å². The Morgan fingerprint density at radius 3 is 1.46 bits per heavy atom. The summed E-state index contributed by atoms with van der Waals surface area (Å²) in [6.07, 6.45) is 0. The molecule has 3 aliphatic heterocycles. The number of hydrogen-bond donors (Lipinski definition) is 0. The molecule has 0 saturated carbocycles. The van der Waals surface area contributed by atoms with Gasteiger partial charge in [-0.1, -0.05) is 194 Å². The van der Waals surface area contributed by atoms with Crippen LogP contribution in [0.15, 0.2) is 181 Å². The second kappa shape index (κ2) is 17.4. The molecule has 0 atom stereocenters. The molecule has 0 aliphatic carbocycles. The van der Waals surface area contributed by atoms with Crippen LogP contribution in [0.25, 0.3) is 38.6 Å². The molecule has 0 N–H and O–H groups in total. The summed E-state index contributed by atoms with van der Waals surface area (Å²) in [5.41, 5.74) is -16.1. The molecule has 4 nitrogen and oxygen atoms in total. The number of fused-ring (bicyclic) bond motifs is 9. The number of anilines is 9. The second-order valence-corrected chi connectivity index (χ2v) is 25.6. The maximum Gasteiger partial charge on any atom is 0.252 e. The monoisotopic (exact) mass is 1060 g/mol. The molecular formula is C74H75BN4. The minimum Gasteiger partial charge on any atom is -0.311 e. The van der Waals surface area contributed by atoms with Gasteiger partial charge >= 0.3 is 0 Å². The summed E-state index contributed by atoms with van der Waals surface area (Å²) in [6.45, 7) is 22.9. The first-order valence-corrected chi connectivity index (χ1v) is 26.3. The Kier molecular flexibility index (Phi) is 6.03. The third-order valence-corrected chi connectivity index (χ3v) is 14.5. The van der Waals surface area contributed by atoms with Gasteiger partial charge in [-0.3, -0.25) is 0 Å². The molecule has 13 rings (SSSR count). The van der Waals surface area contributed by atoms with Gasteiger partial charge in [-0.25, -0.2) is 0 Å². The van der Waals surface area contributed by atoms with Gasteiger partial charge in [0.05, 0.1) is 69.2 Å². The fourth-order valence-corrected chi connectivity index (χ4v) is 10.3. The zero-order chi connectivity index (χ0) is 81.6. The number of aromatic nitrogens is 1. The lowest BCUT2D eigenvalue weighted by atomic mass is 9.33. The lowest BCUT2D eigenvalue weighted by molar-refractivity contribution is 0.590. The van der Waals surface area contributed by atoms with Crippen LogP contribution in [0.1, 0.15) is 173 Å². The van der Waals surface area contributed by atoms with Crippen molar-refractivity contribution in [3.63, 3.8) is 0 Å². The quantitative estimate of drug-likeness (QED) is 0.160. The Morgan fingerprint density at radius 2 is 0.873 bits per heavy atom. The normalized spacial score (nSPS) is 19.3. The average Bonchev–Trinajstić information content (AvgIpc) is 1.64. The van der Waals surface area contributed by atoms with E-state index < -0.39 is 259 Å². The number of rotatable bonds is 5. The molecular weight excluding hydrogens is 956 g/mol. The van der Waals surface area contributed by atoms with Crippen molar-refractivity contribution in [1.82, 2.24) is 4.57 Å². The topological polar surface area (TPSA) is 14.7 Å². The van der Waals surface area contributed by atoms with Gasteiger partial charge in [0.2, 0.25) is 0 Å². The van der Waals surface area contributed by atoms with Crippen molar-refractivity contribution in [2.45, 2.75) is 131 Å². The summed E-state index contributed by atoms with van der Waals surface area (Å²) in [5, 5.41) is -0.127. The molecule has 0 radical (unpaired) electrons. The highest BCUT2D eigenvalue weighted by Gasteiger charge is 2.47. The SMILES string of the molecule is [2H]c1c([2H])c([2H])c(-c2c([2H])c([2H])c(N3c4c([2H])c(N(c5c([2H])c([2H])c(C(C)(C)C)c([2H])c5[2H])c5c([2H])c([2H])c(C(C)(C)C)c([2H])c5[2H])c([2H])c([2H])c4B4c5c3c([2H])c(C(C)(C)C)c([2H])c5N3c5c4c([2H])c([2H])c([2H])c5-n4c5c([2H])c([2H])c(C(C)(C)C)c([2H])c5c5c([2H])c(C(C)(C)C)c([2H])c3c54)c([2H])c2[2H])c([2H])c1[2H]. The summed E-state index contributed by atoms with van der Waals surface area (Å²) in [4.78, 5) is 2.83. The zero-order valence-corrected chi connectivity index (χ0v) is 46.9. The van der Waals surface area contributed by atoms with Crippen LogP contribution in [0, 0.1) is 0 Å². The molecule has 10 aromatic rings. The Bertz CT molecular complexity index is 5730. The van der Waals surface area contributed by atoms with Crippen molar-refractivity contribution < 1.29 is 41.1 Å². The van der Waals surface area contributed by atoms with Crippen LogP contribution in [0.3, 0.4) is 0 Å². The predicted octanol–water partition coefficient (Wildman–Crippen LogP) is 18.8. The lowest BCUT2D eigenvalue weighted by Crippen LogP contribution is -2.62. The Hall–Kier alpha value is -7.76. The summed E-state index contributed by atoms with van der Waals surface area (Å²) in [7, 11) is 0. The van der Waals surface area contributed by atoms with Crippen LogP contribution < -0.4 is 31.1 Å². The van der Waals surface area contributed by atoms with E-state index in [1.807, 2.05) is 0 Å². The van der Waals surface area contributed by atoms with E-state index in [-0.39, 0.29) is 89.9 Å². The molecule has 394 valence electrons. The molecule has 0 unspecified atom stereocenters. The largest absolute Gasteiger partial charge is 0.311 e. The van der Waals surface area contributed by atoms with E-state index in [2.05, 4.69) is 0 Å². The van der Waals surface area contributed by atoms with Gasteiger partial charge in [-0.05, 0) is 173 Å². The third kappa shape index (κ3) is 8.16. The molecule has 5 heteroatoms. The van der Waals surface area contributed by atoms with E-state index in [0.717, 1.165) is 4.90 Å². The van der Waals surface area contributed by atoms with Crippen LogP contribution in [0.5, 0.6) is 0 Å². The van der Waals surface area contributed by atoms with Crippen molar-refractivity contribution in [3.05, 3.63) is 209 Å². The van der Waals surface area contributed by atoms with Crippen LogP contribution >= 0.6 is 0 Å². The van der Waals surface area contributed by atoms with Gasteiger partial charge in [0.1, 0.15) is 0 Å². The van der Waals surface area contributed by atoms with Crippen LogP contribution in [-0.4, -0.2) is 11.3 Å².